The highest BCUT2D eigenvalue weighted by atomic mass is 19.1. The minimum atomic E-state index is -0.531. The maximum atomic E-state index is 13.2. The molecular weight excluding hydrogens is 247 g/mol. The lowest BCUT2D eigenvalue weighted by molar-refractivity contribution is 0.0933. The predicted molar refractivity (Wildman–Crippen MR) is 69.9 cm³/mol. The number of nitrogen functional groups attached to an aromatic ring is 1. The van der Waals surface area contributed by atoms with Gasteiger partial charge in [-0.2, -0.15) is 0 Å². The first-order valence-corrected chi connectivity index (χ1v) is 5.96. The summed E-state index contributed by atoms with van der Waals surface area (Å²) in [4.78, 5) is 19.1. The number of carbonyl (C=O) groups is 1. The maximum absolute atomic E-state index is 13.2. The Hall–Kier alpha value is -2.37. The molecule has 100 valence electrons. The quantitative estimate of drug-likeness (QED) is 0.737. The van der Waals surface area contributed by atoms with E-state index in [2.05, 4.69) is 15.3 Å². The number of halogens is 1. The second-order valence-electron chi connectivity index (χ2n) is 4.18. The van der Waals surface area contributed by atoms with Crippen LogP contribution < -0.4 is 11.1 Å². The predicted octanol–water partition coefficient (Wildman–Crippen LogP) is 2.01. The Morgan fingerprint density at radius 2 is 2.32 bits per heavy atom. The zero-order chi connectivity index (χ0) is 13.8. The molecule has 1 heterocycles. The highest BCUT2D eigenvalue weighted by molar-refractivity contribution is 5.95. The molecule has 0 fully saturated rings. The summed E-state index contributed by atoms with van der Waals surface area (Å²) >= 11 is 0. The number of H-pyrrole nitrogens is 1. The lowest BCUT2D eigenvalue weighted by Gasteiger charge is -2.14. The first-order chi connectivity index (χ1) is 9.10. The molecule has 0 bridgehead atoms. The molecule has 0 aliphatic rings. The zero-order valence-electron chi connectivity index (χ0n) is 10.5. The van der Waals surface area contributed by atoms with Gasteiger partial charge in [0.15, 0.2) is 0 Å². The third-order valence-electron chi connectivity index (χ3n) is 2.75. The molecule has 1 atom stereocenters. The third-order valence-corrected chi connectivity index (χ3v) is 2.75. The minimum absolute atomic E-state index is 0.197. The van der Waals surface area contributed by atoms with Crippen molar-refractivity contribution >= 4 is 11.6 Å². The van der Waals surface area contributed by atoms with E-state index in [-0.39, 0.29) is 23.2 Å². The summed E-state index contributed by atoms with van der Waals surface area (Å²) in [5.41, 5.74) is 5.93. The Balaban J connectivity index is 2.15. The summed E-state index contributed by atoms with van der Waals surface area (Å²) in [6.45, 7) is 1.92. The van der Waals surface area contributed by atoms with Crippen LogP contribution in [-0.4, -0.2) is 15.9 Å². The van der Waals surface area contributed by atoms with Crippen LogP contribution in [0.3, 0.4) is 0 Å². The van der Waals surface area contributed by atoms with Crippen LogP contribution in [0.4, 0.5) is 10.1 Å². The first kappa shape index (κ1) is 13.1. The van der Waals surface area contributed by atoms with Gasteiger partial charge in [0, 0.05) is 23.6 Å². The van der Waals surface area contributed by atoms with Gasteiger partial charge < -0.3 is 16.0 Å². The van der Waals surface area contributed by atoms with Crippen LogP contribution in [0.1, 0.15) is 35.6 Å². The van der Waals surface area contributed by atoms with Gasteiger partial charge >= 0.3 is 0 Å². The van der Waals surface area contributed by atoms with E-state index in [1.54, 1.807) is 12.4 Å². The minimum Gasteiger partial charge on any atom is -0.399 e. The molecule has 2 rings (SSSR count). The molecular formula is C13H15FN4O. The first-order valence-electron chi connectivity index (χ1n) is 5.96. The highest BCUT2D eigenvalue weighted by Gasteiger charge is 2.16. The zero-order valence-corrected chi connectivity index (χ0v) is 10.5. The monoisotopic (exact) mass is 262 g/mol. The van der Waals surface area contributed by atoms with Crippen LogP contribution in [-0.2, 0) is 0 Å². The van der Waals surface area contributed by atoms with Gasteiger partial charge in [0.2, 0.25) is 0 Å². The number of hydrogen-bond acceptors (Lipinski definition) is 3. The Labute approximate surface area is 110 Å². The Morgan fingerprint density at radius 3 is 2.89 bits per heavy atom. The number of amides is 1. The van der Waals surface area contributed by atoms with Crippen LogP contribution in [0.25, 0.3) is 0 Å². The van der Waals surface area contributed by atoms with Gasteiger partial charge in [-0.15, -0.1) is 0 Å². The van der Waals surface area contributed by atoms with Crippen molar-refractivity contribution in [3.05, 3.63) is 47.8 Å². The van der Waals surface area contributed by atoms with Gasteiger partial charge in [-0.05, 0) is 24.6 Å². The van der Waals surface area contributed by atoms with Crippen molar-refractivity contribution < 1.29 is 9.18 Å². The fourth-order valence-corrected chi connectivity index (χ4v) is 1.82. The average Bonchev–Trinajstić information content (AvgIpc) is 2.88. The number of benzene rings is 1. The molecule has 0 spiro atoms. The second-order valence-corrected chi connectivity index (χ2v) is 4.18. The van der Waals surface area contributed by atoms with Crippen molar-refractivity contribution in [2.45, 2.75) is 19.4 Å². The summed E-state index contributed by atoms with van der Waals surface area (Å²) in [6.07, 6.45) is 3.97. The molecule has 0 radical (unpaired) electrons. The van der Waals surface area contributed by atoms with Crippen LogP contribution in [0.15, 0.2) is 30.6 Å². The molecule has 4 N–H and O–H groups in total. The molecule has 0 saturated carbocycles. The van der Waals surface area contributed by atoms with Gasteiger partial charge in [-0.1, -0.05) is 6.92 Å². The second kappa shape index (κ2) is 5.51. The van der Waals surface area contributed by atoms with E-state index in [1.165, 1.54) is 12.1 Å². The molecule has 2 aromatic rings. The van der Waals surface area contributed by atoms with E-state index >= 15 is 0 Å². The molecule has 5 nitrogen and oxygen atoms in total. The van der Waals surface area contributed by atoms with E-state index in [0.29, 0.717) is 12.2 Å². The molecule has 6 heteroatoms. The van der Waals surface area contributed by atoms with Crippen molar-refractivity contribution in [2.24, 2.45) is 0 Å². The van der Waals surface area contributed by atoms with Gasteiger partial charge in [-0.3, -0.25) is 4.79 Å². The number of nitrogens with zero attached hydrogens (tertiary/aromatic N) is 1. The normalized spacial score (nSPS) is 12.1. The van der Waals surface area contributed by atoms with E-state index in [0.717, 1.165) is 6.07 Å². The van der Waals surface area contributed by atoms with Crippen LogP contribution in [0, 0.1) is 5.82 Å². The molecule has 1 amide bonds. The van der Waals surface area contributed by atoms with E-state index in [4.69, 9.17) is 5.73 Å². The van der Waals surface area contributed by atoms with Crippen molar-refractivity contribution in [3.63, 3.8) is 0 Å². The maximum Gasteiger partial charge on any atom is 0.252 e. The number of nitrogens with two attached hydrogens (primary N) is 1. The van der Waals surface area contributed by atoms with Gasteiger partial charge in [0.05, 0.1) is 6.04 Å². The SMILES string of the molecule is CCC(NC(=O)c1cc(N)cc(F)c1)c1ncc[nH]1. The fourth-order valence-electron chi connectivity index (χ4n) is 1.82. The number of anilines is 1. The number of rotatable bonds is 4. The Kier molecular flexibility index (Phi) is 3.79. The lowest BCUT2D eigenvalue weighted by atomic mass is 10.1. The third kappa shape index (κ3) is 3.09. The number of hydrogen-bond donors (Lipinski definition) is 3. The summed E-state index contributed by atoms with van der Waals surface area (Å²) in [7, 11) is 0. The fraction of sp³-hybridized carbons (Fsp3) is 0.231. The molecule has 1 aromatic heterocycles. The number of nitrogens with one attached hydrogen (secondary N) is 2. The topological polar surface area (TPSA) is 83.8 Å². The molecule has 19 heavy (non-hydrogen) atoms. The molecule has 0 aliphatic carbocycles. The van der Waals surface area contributed by atoms with E-state index in [1.807, 2.05) is 6.92 Å². The van der Waals surface area contributed by atoms with Gasteiger partial charge in [-0.25, -0.2) is 9.37 Å². The molecule has 0 aliphatic heterocycles. The van der Waals surface area contributed by atoms with Crippen LogP contribution in [0.2, 0.25) is 0 Å². The summed E-state index contributed by atoms with van der Waals surface area (Å²) < 4.78 is 13.2. The standard InChI is InChI=1S/C13H15FN4O/c1-2-11(12-16-3-4-17-12)18-13(19)8-5-9(14)7-10(15)6-8/h3-7,11H,2,15H2,1H3,(H,16,17)(H,18,19). The highest BCUT2D eigenvalue weighted by Crippen LogP contribution is 2.15. The van der Waals surface area contributed by atoms with Gasteiger partial charge in [0.1, 0.15) is 11.6 Å². The van der Waals surface area contributed by atoms with Crippen molar-refractivity contribution in [3.8, 4) is 0 Å². The number of aromatic amines is 1. The summed E-state index contributed by atoms with van der Waals surface area (Å²) in [6, 6.07) is 3.51. The van der Waals surface area contributed by atoms with Crippen LogP contribution >= 0.6 is 0 Å². The largest absolute Gasteiger partial charge is 0.399 e. The van der Waals surface area contributed by atoms with Crippen LogP contribution in [0.5, 0.6) is 0 Å². The van der Waals surface area contributed by atoms with E-state index in [9.17, 15) is 9.18 Å². The number of carbonyl (C=O) groups excluding carboxylic acids is 1. The summed E-state index contributed by atoms with van der Waals surface area (Å²) in [5, 5.41) is 2.78. The molecule has 1 aromatic carbocycles. The molecule has 0 saturated heterocycles. The van der Waals surface area contributed by atoms with Gasteiger partial charge in [0.25, 0.3) is 5.91 Å². The Morgan fingerprint density at radius 1 is 1.53 bits per heavy atom. The van der Waals surface area contributed by atoms with Crippen molar-refractivity contribution in [1.82, 2.24) is 15.3 Å². The summed E-state index contributed by atoms with van der Waals surface area (Å²) in [5.74, 6) is -0.245. The molecule has 1 unspecified atom stereocenters. The average molecular weight is 262 g/mol. The number of imidazole rings is 1. The number of aromatic nitrogens is 2. The van der Waals surface area contributed by atoms with Crippen molar-refractivity contribution in [2.75, 3.05) is 5.73 Å². The lowest BCUT2D eigenvalue weighted by Crippen LogP contribution is -2.29. The van der Waals surface area contributed by atoms with E-state index < -0.39 is 5.82 Å². The van der Waals surface area contributed by atoms with Crippen molar-refractivity contribution in [1.29, 1.82) is 0 Å². The Bertz CT molecular complexity index is 548. The smallest absolute Gasteiger partial charge is 0.252 e.